The van der Waals surface area contributed by atoms with Crippen molar-refractivity contribution in [3.05, 3.63) is 85.8 Å². The number of nitrogens with zero attached hydrogens (tertiary/aromatic N) is 2. The van der Waals surface area contributed by atoms with Gasteiger partial charge in [0.05, 0.1) is 16.2 Å². The van der Waals surface area contributed by atoms with E-state index in [1.165, 1.54) is 16.4 Å². The van der Waals surface area contributed by atoms with Gasteiger partial charge in [0.1, 0.15) is 5.75 Å². The zero-order valence-corrected chi connectivity index (χ0v) is 22.4. The van der Waals surface area contributed by atoms with Gasteiger partial charge in [0.15, 0.2) is 11.3 Å². The molecule has 4 rings (SSSR count). The van der Waals surface area contributed by atoms with Crippen molar-refractivity contribution in [2.24, 2.45) is 0 Å². The van der Waals surface area contributed by atoms with Crippen molar-refractivity contribution in [3.8, 4) is 11.5 Å². The zero-order valence-electron chi connectivity index (χ0n) is 18.7. The number of benzene rings is 2. The first-order chi connectivity index (χ1) is 16.2. The van der Waals surface area contributed by atoms with Crippen molar-refractivity contribution in [1.29, 1.82) is 0 Å². The van der Waals surface area contributed by atoms with Crippen molar-refractivity contribution in [2.75, 3.05) is 6.54 Å². The number of amides is 1. The number of hydrogen-bond acceptors (Lipinski definition) is 4. The van der Waals surface area contributed by atoms with Crippen LogP contribution in [0.4, 0.5) is 0 Å². The molecular formula is C25H24Cl2IN3O3. The number of hydrogen-bond donors (Lipinski definition) is 1. The summed E-state index contributed by atoms with van der Waals surface area (Å²) in [5.74, 6) is 0.726. The van der Waals surface area contributed by atoms with Crippen LogP contribution in [0.3, 0.4) is 0 Å². The van der Waals surface area contributed by atoms with Gasteiger partial charge >= 0.3 is 0 Å². The highest BCUT2D eigenvalue weighted by atomic mass is 127. The Hall–Kier alpha value is -2.10. The molecule has 0 bridgehead atoms. The van der Waals surface area contributed by atoms with E-state index in [1.54, 1.807) is 12.1 Å². The van der Waals surface area contributed by atoms with E-state index in [9.17, 15) is 9.59 Å². The Kier molecular flexibility index (Phi) is 7.84. The molecule has 1 unspecified atom stereocenters. The van der Waals surface area contributed by atoms with Gasteiger partial charge in [-0.1, -0.05) is 64.0 Å². The highest BCUT2D eigenvalue weighted by Crippen LogP contribution is 2.41. The minimum Gasteiger partial charge on any atom is -0.455 e. The van der Waals surface area contributed by atoms with Crippen LogP contribution in [0.5, 0.6) is 11.5 Å². The second-order valence-corrected chi connectivity index (χ2v) is 10.9. The monoisotopic (exact) mass is 611 g/mol. The predicted molar refractivity (Wildman–Crippen MR) is 143 cm³/mol. The maximum Gasteiger partial charge on any atom is 0.283 e. The van der Waals surface area contributed by atoms with Gasteiger partial charge in [0.2, 0.25) is 0 Å². The van der Waals surface area contributed by atoms with Crippen molar-refractivity contribution >= 4 is 51.7 Å². The highest BCUT2D eigenvalue weighted by Gasteiger charge is 2.25. The Bertz CT molecular complexity index is 1270. The number of halogens is 3. The van der Waals surface area contributed by atoms with Gasteiger partial charge in [-0.15, -0.1) is 0 Å². The molecule has 1 heterocycles. The van der Waals surface area contributed by atoms with E-state index in [0.29, 0.717) is 21.7 Å². The topological polar surface area (TPSA) is 73.2 Å². The molecule has 1 fully saturated rings. The van der Waals surface area contributed by atoms with Crippen LogP contribution in [0.25, 0.3) is 0 Å². The number of nitrogens with one attached hydrogen (secondary N) is 1. The van der Waals surface area contributed by atoms with Gasteiger partial charge in [0.25, 0.3) is 11.5 Å². The maximum atomic E-state index is 13.2. The third-order valence-electron chi connectivity index (χ3n) is 5.56. The van der Waals surface area contributed by atoms with Crippen LogP contribution in [0, 0.1) is 0 Å². The lowest BCUT2D eigenvalue weighted by Gasteiger charge is -2.17. The summed E-state index contributed by atoms with van der Waals surface area (Å²) in [6, 6.07) is 12.8. The molecule has 3 aromatic rings. The van der Waals surface area contributed by atoms with Crippen LogP contribution < -0.4 is 15.6 Å². The summed E-state index contributed by atoms with van der Waals surface area (Å²) < 4.78 is 7.17. The summed E-state index contributed by atoms with van der Waals surface area (Å²) in [5, 5.41) is 8.13. The Morgan fingerprint density at radius 3 is 2.68 bits per heavy atom. The number of aromatic nitrogens is 2. The standard InChI is InChI=1S/C25H24Cl2IN3O3/c1-14(2)31-25(33)23(24(32)29-12-21(28)19-9-8-17(26)11-20(19)27)22(13-30-31)34-18-5-3-4-16(10-18)15-6-7-15/h3-5,8-11,13-15,21H,6-7,12H2,1-2H3,(H,29,32). The molecule has 9 heteroatoms. The van der Waals surface area contributed by atoms with Crippen LogP contribution in [0.1, 0.15) is 64.1 Å². The molecular weight excluding hydrogens is 588 g/mol. The van der Waals surface area contributed by atoms with Gasteiger partial charge in [-0.25, -0.2) is 4.68 Å². The zero-order chi connectivity index (χ0) is 24.4. The van der Waals surface area contributed by atoms with Gasteiger partial charge in [-0.3, -0.25) is 9.59 Å². The SMILES string of the molecule is CC(C)n1ncc(Oc2cccc(C3CC3)c2)c(C(=O)NCC(I)c2ccc(Cl)cc2Cl)c1=O. The molecule has 0 aliphatic heterocycles. The molecule has 0 saturated heterocycles. The largest absolute Gasteiger partial charge is 0.455 e. The fraction of sp³-hybridized carbons (Fsp3) is 0.320. The second-order valence-electron chi connectivity index (χ2n) is 8.52. The Morgan fingerprint density at radius 1 is 1.24 bits per heavy atom. The lowest BCUT2D eigenvalue weighted by Crippen LogP contribution is -2.36. The summed E-state index contributed by atoms with van der Waals surface area (Å²) in [4.78, 5) is 26.4. The number of carbonyl (C=O) groups is 1. The summed E-state index contributed by atoms with van der Waals surface area (Å²) in [5.41, 5.74) is 1.46. The number of ether oxygens (including phenoxy) is 1. The predicted octanol–water partition coefficient (Wildman–Crippen LogP) is 6.71. The van der Waals surface area contributed by atoms with Crippen LogP contribution in [0.2, 0.25) is 10.0 Å². The lowest BCUT2D eigenvalue weighted by molar-refractivity contribution is 0.0949. The van der Waals surface area contributed by atoms with Gasteiger partial charge in [0, 0.05) is 16.6 Å². The van der Waals surface area contributed by atoms with E-state index in [2.05, 4.69) is 39.1 Å². The van der Waals surface area contributed by atoms with E-state index < -0.39 is 11.5 Å². The van der Waals surface area contributed by atoms with Crippen molar-refractivity contribution < 1.29 is 9.53 Å². The summed E-state index contributed by atoms with van der Waals surface area (Å²) in [6.45, 7) is 3.93. The summed E-state index contributed by atoms with van der Waals surface area (Å²) >= 11 is 14.5. The molecule has 1 aliphatic carbocycles. The minimum atomic E-state index is -0.526. The smallest absolute Gasteiger partial charge is 0.283 e. The quantitative estimate of drug-likeness (QED) is 0.227. The average molecular weight is 612 g/mol. The van der Waals surface area contributed by atoms with Gasteiger partial charge < -0.3 is 10.1 Å². The molecule has 0 spiro atoms. The van der Waals surface area contributed by atoms with Crippen LogP contribution in [-0.2, 0) is 0 Å². The van der Waals surface area contributed by atoms with E-state index in [-0.39, 0.29) is 27.8 Å². The average Bonchev–Trinajstić information content (AvgIpc) is 3.63. The lowest BCUT2D eigenvalue weighted by atomic mass is 10.1. The molecule has 1 amide bonds. The normalized spacial score (nSPS) is 14.2. The van der Waals surface area contributed by atoms with Crippen LogP contribution >= 0.6 is 45.8 Å². The first kappa shape index (κ1) is 25.0. The maximum absolute atomic E-state index is 13.2. The van der Waals surface area contributed by atoms with Crippen molar-refractivity contribution in [2.45, 2.75) is 42.6 Å². The molecule has 1 aromatic heterocycles. The van der Waals surface area contributed by atoms with Crippen molar-refractivity contribution in [3.63, 3.8) is 0 Å². The van der Waals surface area contributed by atoms with E-state index in [4.69, 9.17) is 27.9 Å². The molecule has 34 heavy (non-hydrogen) atoms. The molecule has 1 atom stereocenters. The van der Waals surface area contributed by atoms with Crippen LogP contribution in [-0.4, -0.2) is 22.2 Å². The Balaban J connectivity index is 1.59. The van der Waals surface area contributed by atoms with E-state index in [0.717, 1.165) is 18.4 Å². The Labute approximate surface area is 221 Å². The number of rotatable bonds is 8. The highest BCUT2D eigenvalue weighted by molar-refractivity contribution is 14.1. The third-order valence-corrected chi connectivity index (χ3v) is 7.23. The number of carbonyl (C=O) groups excluding carboxylic acids is 1. The molecule has 1 saturated carbocycles. The molecule has 178 valence electrons. The molecule has 1 N–H and O–H groups in total. The van der Waals surface area contributed by atoms with Crippen LogP contribution in [0.15, 0.2) is 53.5 Å². The van der Waals surface area contributed by atoms with E-state index >= 15 is 0 Å². The summed E-state index contributed by atoms with van der Waals surface area (Å²) in [7, 11) is 0. The van der Waals surface area contributed by atoms with Gasteiger partial charge in [-0.2, -0.15) is 5.10 Å². The molecule has 6 nitrogen and oxygen atoms in total. The first-order valence-electron chi connectivity index (χ1n) is 11.0. The van der Waals surface area contributed by atoms with Crippen molar-refractivity contribution in [1.82, 2.24) is 15.1 Å². The minimum absolute atomic E-state index is 0.0775. The van der Waals surface area contributed by atoms with Gasteiger partial charge in [-0.05, 0) is 68.0 Å². The third kappa shape index (κ3) is 5.75. The molecule has 2 aromatic carbocycles. The second kappa shape index (κ2) is 10.7. The van der Waals surface area contributed by atoms with E-state index in [1.807, 2.05) is 38.1 Å². The molecule has 1 aliphatic rings. The first-order valence-corrected chi connectivity index (χ1v) is 13.0. The molecule has 0 radical (unpaired) electrons. The Morgan fingerprint density at radius 2 is 2.00 bits per heavy atom. The summed E-state index contributed by atoms with van der Waals surface area (Å²) in [6.07, 6.45) is 3.76. The fourth-order valence-corrected chi connectivity index (χ4v) is 5.11. The number of alkyl halides is 1. The fourth-order valence-electron chi connectivity index (χ4n) is 3.62.